The predicted octanol–water partition coefficient (Wildman–Crippen LogP) is 2.12. The van der Waals surface area contributed by atoms with E-state index in [1.807, 2.05) is 25.1 Å². The molecule has 0 atom stereocenters. The molecule has 4 heteroatoms. The van der Waals surface area contributed by atoms with Crippen molar-refractivity contribution in [1.29, 1.82) is 0 Å². The maximum atomic E-state index is 11.3. The van der Waals surface area contributed by atoms with Gasteiger partial charge in [0.1, 0.15) is 5.65 Å². The zero-order valence-corrected chi connectivity index (χ0v) is 9.32. The number of hydrogen-bond acceptors (Lipinski definition) is 2. The van der Waals surface area contributed by atoms with E-state index in [9.17, 15) is 4.79 Å². The van der Waals surface area contributed by atoms with Gasteiger partial charge in [0.25, 0.3) is 0 Å². The van der Waals surface area contributed by atoms with Gasteiger partial charge in [0.15, 0.2) is 0 Å². The Morgan fingerprint density at radius 1 is 1.29 bits per heavy atom. The van der Waals surface area contributed by atoms with Crippen molar-refractivity contribution in [2.24, 2.45) is 5.73 Å². The van der Waals surface area contributed by atoms with Gasteiger partial charge in [-0.2, -0.15) is 0 Å². The topological polar surface area (TPSA) is 71.8 Å². The second kappa shape index (κ2) is 3.31. The van der Waals surface area contributed by atoms with Crippen LogP contribution in [-0.2, 0) is 0 Å². The number of carbonyl (C=O) groups is 1. The summed E-state index contributed by atoms with van der Waals surface area (Å²) in [6, 6.07) is 7.57. The predicted molar refractivity (Wildman–Crippen MR) is 66.9 cm³/mol. The van der Waals surface area contributed by atoms with Crippen molar-refractivity contribution in [2.75, 3.05) is 0 Å². The molecule has 0 bridgehead atoms. The molecule has 2 heterocycles. The van der Waals surface area contributed by atoms with Crippen LogP contribution in [0.2, 0.25) is 0 Å². The molecule has 0 aliphatic carbocycles. The largest absolute Gasteiger partial charge is 0.366 e. The van der Waals surface area contributed by atoms with Gasteiger partial charge < -0.3 is 10.7 Å². The van der Waals surface area contributed by atoms with Crippen LogP contribution in [0.4, 0.5) is 0 Å². The Labute approximate surface area is 97.5 Å². The van der Waals surface area contributed by atoms with Crippen LogP contribution in [0, 0.1) is 6.92 Å². The summed E-state index contributed by atoms with van der Waals surface area (Å²) in [5.41, 5.74) is 8.50. The minimum atomic E-state index is -0.406. The smallest absolute Gasteiger partial charge is 0.249 e. The molecule has 0 saturated heterocycles. The standard InChI is InChI=1S/C13H11N3O/c1-7-8(12(14)17)4-5-9-10-3-2-6-15-13(10)16-11(7)9/h2-6H,1H3,(H2,14,17)(H,15,16). The van der Waals surface area contributed by atoms with E-state index in [1.54, 1.807) is 12.3 Å². The Balaban J connectivity index is 2.48. The minimum absolute atomic E-state index is 0.406. The van der Waals surface area contributed by atoms with E-state index in [4.69, 9.17) is 5.73 Å². The van der Waals surface area contributed by atoms with E-state index in [0.717, 1.165) is 27.5 Å². The van der Waals surface area contributed by atoms with Crippen molar-refractivity contribution in [2.45, 2.75) is 6.92 Å². The summed E-state index contributed by atoms with van der Waals surface area (Å²) in [4.78, 5) is 18.8. The van der Waals surface area contributed by atoms with Crippen LogP contribution in [0.15, 0.2) is 30.5 Å². The van der Waals surface area contributed by atoms with Crippen LogP contribution in [0.1, 0.15) is 15.9 Å². The fraction of sp³-hybridized carbons (Fsp3) is 0.0769. The number of nitrogens with two attached hydrogens (primary N) is 1. The molecule has 0 radical (unpaired) electrons. The summed E-state index contributed by atoms with van der Waals surface area (Å²) in [5.74, 6) is -0.406. The number of amides is 1. The number of nitrogens with one attached hydrogen (secondary N) is 1. The Bertz CT molecular complexity index is 743. The van der Waals surface area contributed by atoms with Gasteiger partial charge in [0.05, 0.1) is 5.52 Å². The number of carbonyl (C=O) groups excluding carboxylic acids is 1. The number of primary amides is 1. The molecule has 84 valence electrons. The van der Waals surface area contributed by atoms with E-state index in [-0.39, 0.29) is 0 Å². The number of rotatable bonds is 1. The Hall–Kier alpha value is -2.36. The van der Waals surface area contributed by atoms with Gasteiger partial charge in [-0.1, -0.05) is 6.07 Å². The molecule has 3 aromatic rings. The lowest BCUT2D eigenvalue weighted by molar-refractivity contribution is 0.1000. The lowest BCUT2D eigenvalue weighted by Gasteiger charge is -2.02. The number of nitrogens with zero attached hydrogens (tertiary/aromatic N) is 1. The second-order valence-corrected chi connectivity index (χ2v) is 4.05. The number of pyridine rings is 1. The first-order valence-corrected chi connectivity index (χ1v) is 5.34. The zero-order valence-electron chi connectivity index (χ0n) is 9.32. The summed E-state index contributed by atoms with van der Waals surface area (Å²) < 4.78 is 0. The monoisotopic (exact) mass is 225 g/mol. The number of aromatic nitrogens is 2. The Kier molecular flexibility index (Phi) is 1.92. The highest BCUT2D eigenvalue weighted by molar-refractivity contribution is 6.09. The van der Waals surface area contributed by atoms with Crippen molar-refractivity contribution in [3.8, 4) is 0 Å². The van der Waals surface area contributed by atoms with Gasteiger partial charge in [-0.05, 0) is 30.7 Å². The van der Waals surface area contributed by atoms with E-state index in [1.165, 1.54) is 0 Å². The molecule has 1 amide bonds. The number of benzene rings is 1. The summed E-state index contributed by atoms with van der Waals surface area (Å²) in [5, 5.41) is 2.12. The molecule has 3 rings (SSSR count). The molecule has 0 spiro atoms. The number of fused-ring (bicyclic) bond motifs is 3. The SMILES string of the molecule is Cc1c(C(N)=O)ccc2c1[nH]c1ncccc12. The first kappa shape index (κ1) is 9.84. The van der Waals surface area contributed by atoms with Gasteiger partial charge in [0.2, 0.25) is 5.91 Å². The summed E-state index contributed by atoms with van der Waals surface area (Å²) in [6.45, 7) is 1.89. The molecule has 2 aromatic heterocycles. The first-order chi connectivity index (χ1) is 8.18. The summed E-state index contributed by atoms with van der Waals surface area (Å²) >= 11 is 0. The molecule has 0 unspecified atom stereocenters. The number of aryl methyl sites for hydroxylation is 1. The highest BCUT2D eigenvalue weighted by Gasteiger charge is 2.12. The van der Waals surface area contributed by atoms with E-state index >= 15 is 0 Å². The van der Waals surface area contributed by atoms with Gasteiger partial charge in [0, 0.05) is 22.5 Å². The average molecular weight is 225 g/mol. The fourth-order valence-electron chi connectivity index (χ4n) is 2.20. The normalized spacial score (nSPS) is 11.1. The van der Waals surface area contributed by atoms with Crippen molar-refractivity contribution >= 4 is 27.8 Å². The van der Waals surface area contributed by atoms with Gasteiger partial charge in [-0.3, -0.25) is 4.79 Å². The molecule has 1 aromatic carbocycles. The van der Waals surface area contributed by atoms with Gasteiger partial charge >= 0.3 is 0 Å². The molecule has 0 aliphatic heterocycles. The van der Waals surface area contributed by atoms with Crippen LogP contribution in [0.5, 0.6) is 0 Å². The van der Waals surface area contributed by atoms with Crippen molar-refractivity contribution < 1.29 is 4.79 Å². The third-order valence-electron chi connectivity index (χ3n) is 3.07. The third kappa shape index (κ3) is 1.30. The number of hydrogen-bond donors (Lipinski definition) is 2. The van der Waals surface area contributed by atoms with Crippen molar-refractivity contribution in [3.63, 3.8) is 0 Å². The lowest BCUT2D eigenvalue weighted by atomic mass is 10.0. The quantitative estimate of drug-likeness (QED) is 0.665. The molecule has 3 N–H and O–H groups in total. The van der Waals surface area contributed by atoms with Crippen LogP contribution >= 0.6 is 0 Å². The summed E-state index contributed by atoms with van der Waals surface area (Å²) in [7, 11) is 0. The molecule has 0 fully saturated rings. The van der Waals surface area contributed by atoms with Crippen LogP contribution in [0.3, 0.4) is 0 Å². The molecule has 0 aliphatic rings. The average Bonchev–Trinajstić information content (AvgIpc) is 2.69. The molecular formula is C13H11N3O. The van der Waals surface area contributed by atoms with Gasteiger partial charge in [-0.15, -0.1) is 0 Å². The van der Waals surface area contributed by atoms with Crippen molar-refractivity contribution in [3.05, 3.63) is 41.6 Å². The molecule has 0 saturated carbocycles. The highest BCUT2D eigenvalue weighted by Crippen LogP contribution is 2.27. The number of aromatic amines is 1. The Morgan fingerprint density at radius 2 is 2.12 bits per heavy atom. The Morgan fingerprint density at radius 3 is 2.88 bits per heavy atom. The number of H-pyrrole nitrogens is 1. The van der Waals surface area contributed by atoms with Crippen LogP contribution < -0.4 is 5.73 Å². The first-order valence-electron chi connectivity index (χ1n) is 5.34. The molecular weight excluding hydrogens is 214 g/mol. The van der Waals surface area contributed by atoms with E-state index in [0.29, 0.717) is 5.56 Å². The van der Waals surface area contributed by atoms with E-state index in [2.05, 4.69) is 9.97 Å². The van der Waals surface area contributed by atoms with Gasteiger partial charge in [-0.25, -0.2) is 4.98 Å². The molecule has 4 nitrogen and oxygen atoms in total. The fourth-order valence-corrected chi connectivity index (χ4v) is 2.20. The minimum Gasteiger partial charge on any atom is -0.366 e. The second-order valence-electron chi connectivity index (χ2n) is 4.05. The molecule has 17 heavy (non-hydrogen) atoms. The zero-order chi connectivity index (χ0) is 12.0. The van der Waals surface area contributed by atoms with Crippen molar-refractivity contribution in [1.82, 2.24) is 9.97 Å². The maximum Gasteiger partial charge on any atom is 0.249 e. The van der Waals surface area contributed by atoms with Crippen LogP contribution in [-0.4, -0.2) is 15.9 Å². The lowest BCUT2D eigenvalue weighted by Crippen LogP contribution is -2.12. The highest BCUT2D eigenvalue weighted by atomic mass is 16.1. The van der Waals surface area contributed by atoms with E-state index < -0.39 is 5.91 Å². The van der Waals surface area contributed by atoms with Crippen LogP contribution in [0.25, 0.3) is 21.9 Å². The third-order valence-corrected chi connectivity index (χ3v) is 3.07. The maximum absolute atomic E-state index is 11.3. The summed E-state index contributed by atoms with van der Waals surface area (Å²) in [6.07, 6.45) is 1.74.